The molecule has 5 nitrogen and oxygen atoms in total. The van der Waals surface area contributed by atoms with Crippen molar-refractivity contribution < 1.29 is 13.9 Å². The minimum absolute atomic E-state index is 0. The van der Waals surface area contributed by atoms with Crippen LogP contribution < -0.4 is 10.6 Å². The number of hydrogen-bond acceptors (Lipinski definition) is 3. The number of halogens is 3. The van der Waals surface area contributed by atoms with Gasteiger partial charge >= 0.3 is 0 Å². The van der Waals surface area contributed by atoms with Gasteiger partial charge in [0, 0.05) is 57.8 Å². The average Bonchev–Trinajstić information content (AvgIpc) is 2.63. The van der Waals surface area contributed by atoms with Crippen LogP contribution in [0, 0.1) is 5.82 Å². The first-order chi connectivity index (χ1) is 12.1. The van der Waals surface area contributed by atoms with Crippen LogP contribution >= 0.6 is 39.9 Å². The normalized spacial score (nSPS) is 16.7. The molecule has 0 atom stereocenters. The van der Waals surface area contributed by atoms with E-state index in [4.69, 9.17) is 9.47 Å². The summed E-state index contributed by atoms with van der Waals surface area (Å²) in [6, 6.07) is 5.19. The van der Waals surface area contributed by atoms with Gasteiger partial charge in [-0.3, -0.25) is 4.99 Å². The molecule has 0 aliphatic carbocycles. The van der Waals surface area contributed by atoms with E-state index in [1.165, 1.54) is 6.07 Å². The Morgan fingerprint density at radius 2 is 2.08 bits per heavy atom. The highest BCUT2D eigenvalue weighted by molar-refractivity contribution is 14.0. The lowest BCUT2D eigenvalue weighted by molar-refractivity contribution is -0.0855. The summed E-state index contributed by atoms with van der Waals surface area (Å²) in [5.74, 6) is 0.567. The van der Waals surface area contributed by atoms with Crippen LogP contribution in [0.3, 0.4) is 0 Å². The van der Waals surface area contributed by atoms with Gasteiger partial charge in [-0.05, 0) is 30.5 Å². The van der Waals surface area contributed by atoms with Gasteiger partial charge in [-0.25, -0.2) is 4.39 Å². The topological polar surface area (TPSA) is 54.9 Å². The van der Waals surface area contributed by atoms with Crippen molar-refractivity contribution in [2.45, 2.75) is 31.3 Å². The van der Waals surface area contributed by atoms with Gasteiger partial charge in [-0.15, -0.1) is 24.0 Å². The van der Waals surface area contributed by atoms with Crippen LogP contribution in [0.1, 0.15) is 24.8 Å². The third-order valence-electron chi connectivity index (χ3n) is 4.57. The minimum atomic E-state index is -0.198. The number of hydrogen-bond donors (Lipinski definition) is 2. The van der Waals surface area contributed by atoms with Crippen LogP contribution in [0.15, 0.2) is 27.7 Å². The number of rotatable bonds is 7. The van der Waals surface area contributed by atoms with Crippen LogP contribution in [0.25, 0.3) is 0 Å². The fourth-order valence-corrected chi connectivity index (χ4v) is 3.21. The number of nitrogens with zero attached hydrogens (tertiary/aromatic N) is 1. The molecule has 1 aromatic rings. The number of guanidine groups is 1. The molecule has 0 aromatic heterocycles. The van der Waals surface area contributed by atoms with Gasteiger partial charge in [0.25, 0.3) is 0 Å². The van der Waals surface area contributed by atoms with Crippen molar-refractivity contribution in [2.75, 3.05) is 40.5 Å². The number of methoxy groups -OCH3 is 1. The molecule has 2 rings (SSSR count). The molecule has 1 aliphatic heterocycles. The van der Waals surface area contributed by atoms with E-state index in [0.29, 0.717) is 13.0 Å². The van der Waals surface area contributed by atoms with Crippen LogP contribution in [-0.4, -0.2) is 52.0 Å². The van der Waals surface area contributed by atoms with E-state index in [2.05, 4.69) is 31.6 Å². The lowest BCUT2D eigenvalue weighted by Crippen LogP contribution is -2.50. The lowest BCUT2D eigenvalue weighted by Gasteiger charge is -2.36. The Kier molecular flexibility index (Phi) is 11.0. The van der Waals surface area contributed by atoms with Crippen molar-refractivity contribution in [1.82, 2.24) is 10.6 Å². The maximum absolute atomic E-state index is 13.8. The molecular formula is C18H28BrFIN3O2. The molecule has 0 saturated carbocycles. The molecular weight excluding hydrogens is 516 g/mol. The molecule has 1 fully saturated rings. The van der Waals surface area contributed by atoms with E-state index in [0.717, 1.165) is 55.0 Å². The van der Waals surface area contributed by atoms with Crippen LogP contribution in [0.5, 0.6) is 0 Å². The minimum Gasteiger partial charge on any atom is -0.381 e. The van der Waals surface area contributed by atoms with E-state index in [1.54, 1.807) is 14.2 Å². The molecule has 0 radical (unpaired) electrons. The number of benzene rings is 1. The first-order valence-electron chi connectivity index (χ1n) is 8.60. The zero-order chi connectivity index (χ0) is 18.1. The second kappa shape index (κ2) is 12.1. The van der Waals surface area contributed by atoms with Crippen molar-refractivity contribution >= 4 is 45.9 Å². The summed E-state index contributed by atoms with van der Waals surface area (Å²) in [7, 11) is 3.49. The Labute approximate surface area is 180 Å². The smallest absolute Gasteiger partial charge is 0.191 e. The van der Waals surface area contributed by atoms with Crippen molar-refractivity contribution in [2.24, 2.45) is 4.99 Å². The van der Waals surface area contributed by atoms with E-state index in [9.17, 15) is 4.39 Å². The zero-order valence-corrected chi connectivity index (χ0v) is 19.2. The Bertz CT molecular complexity index is 584. The molecule has 0 bridgehead atoms. The summed E-state index contributed by atoms with van der Waals surface area (Å²) >= 11 is 3.27. The van der Waals surface area contributed by atoms with E-state index in [-0.39, 0.29) is 35.4 Å². The van der Waals surface area contributed by atoms with Gasteiger partial charge in [-0.1, -0.05) is 22.0 Å². The number of aryl methyl sites for hydroxylation is 1. The number of nitrogens with one attached hydrogen (secondary N) is 2. The van der Waals surface area contributed by atoms with Gasteiger partial charge in [0.05, 0.1) is 5.60 Å². The fraction of sp³-hybridized carbons (Fsp3) is 0.611. The summed E-state index contributed by atoms with van der Waals surface area (Å²) in [4.78, 5) is 4.24. The SMILES string of the molecule is CN=C(NCCCc1ccc(Br)cc1F)NCC1(OC)CCOCC1.I. The molecule has 1 aromatic carbocycles. The average molecular weight is 544 g/mol. The van der Waals surface area contributed by atoms with Crippen molar-refractivity contribution in [1.29, 1.82) is 0 Å². The predicted octanol–water partition coefficient (Wildman–Crippen LogP) is 3.50. The Morgan fingerprint density at radius 3 is 2.69 bits per heavy atom. The summed E-state index contributed by atoms with van der Waals surface area (Å²) in [5.41, 5.74) is 0.532. The second-order valence-corrected chi connectivity index (χ2v) is 7.11. The van der Waals surface area contributed by atoms with E-state index in [1.807, 2.05) is 12.1 Å². The van der Waals surface area contributed by atoms with Crippen LogP contribution in [0.2, 0.25) is 0 Å². The standard InChI is InChI=1S/C18H27BrFN3O2.HI/c1-21-17(23-13-18(24-2)7-10-25-11-8-18)22-9-3-4-14-5-6-15(19)12-16(14)20;/h5-6,12H,3-4,7-11,13H2,1-2H3,(H2,21,22,23);1H. The van der Waals surface area contributed by atoms with E-state index < -0.39 is 0 Å². The first-order valence-corrected chi connectivity index (χ1v) is 9.39. The highest BCUT2D eigenvalue weighted by atomic mass is 127. The third kappa shape index (κ3) is 7.28. The Balaban J connectivity index is 0.00000338. The Morgan fingerprint density at radius 1 is 1.35 bits per heavy atom. The first kappa shape index (κ1) is 23.6. The summed E-state index contributed by atoms with van der Waals surface area (Å²) in [5, 5.41) is 6.60. The molecule has 26 heavy (non-hydrogen) atoms. The molecule has 0 unspecified atom stereocenters. The maximum Gasteiger partial charge on any atom is 0.191 e. The number of ether oxygens (including phenoxy) is 2. The molecule has 8 heteroatoms. The third-order valence-corrected chi connectivity index (χ3v) is 5.06. The van der Waals surface area contributed by atoms with Crippen LogP contribution in [-0.2, 0) is 15.9 Å². The molecule has 1 saturated heterocycles. The second-order valence-electron chi connectivity index (χ2n) is 6.19. The lowest BCUT2D eigenvalue weighted by atomic mass is 9.94. The van der Waals surface area contributed by atoms with Crippen molar-refractivity contribution in [3.8, 4) is 0 Å². The van der Waals surface area contributed by atoms with E-state index >= 15 is 0 Å². The molecule has 2 N–H and O–H groups in total. The molecule has 0 spiro atoms. The van der Waals surface area contributed by atoms with Gasteiger partial charge in [-0.2, -0.15) is 0 Å². The summed E-state index contributed by atoms with van der Waals surface area (Å²) < 4.78 is 25.7. The maximum atomic E-state index is 13.8. The summed E-state index contributed by atoms with van der Waals surface area (Å²) in [6.07, 6.45) is 3.25. The molecule has 1 heterocycles. The van der Waals surface area contributed by atoms with Gasteiger partial charge in [0.1, 0.15) is 5.82 Å². The number of aliphatic imine (C=N–C) groups is 1. The molecule has 148 valence electrons. The highest BCUT2D eigenvalue weighted by Crippen LogP contribution is 2.23. The van der Waals surface area contributed by atoms with Crippen LogP contribution in [0.4, 0.5) is 4.39 Å². The molecule has 0 amide bonds. The van der Waals surface area contributed by atoms with Gasteiger partial charge < -0.3 is 20.1 Å². The van der Waals surface area contributed by atoms with Crippen molar-refractivity contribution in [3.63, 3.8) is 0 Å². The quantitative estimate of drug-likeness (QED) is 0.239. The summed E-state index contributed by atoms with van der Waals surface area (Å²) in [6.45, 7) is 2.85. The fourth-order valence-electron chi connectivity index (χ4n) is 2.87. The Hall–Kier alpha value is -0.450. The monoisotopic (exact) mass is 543 g/mol. The predicted molar refractivity (Wildman–Crippen MR) is 117 cm³/mol. The largest absolute Gasteiger partial charge is 0.381 e. The van der Waals surface area contributed by atoms with Crippen molar-refractivity contribution in [3.05, 3.63) is 34.1 Å². The zero-order valence-electron chi connectivity index (χ0n) is 15.3. The van der Waals surface area contributed by atoms with Gasteiger partial charge in [0.2, 0.25) is 0 Å². The molecule has 1 aliphatic rings. The van der Waals surface area contributed by atoms with Gasteiger partial charge in [0.15, 0.2) is 5.96 Å². The highest BCUT2D eigenvalue weighted by Gasteiger charge is 2.32.